The normalized spacial score (nSPS) is 15.3. The molecule has 0 atom stereocenters. The third-order valence-electron chi connectivity index (χ3n) is 7.22. The summed E-state index contributed by atoms with van der Waals surface area (Å²) in [5, 5.41) is 13.0. The van der Waals surface area contributed by atoms with Gasteiger partial charge in [-0.25, -0.2) is 4.99 Å². The van der Waals surface area contributed by atoms with E-state index in [2.05, 4.69) is 79.7 Å². The predicted molar refractivity (Wildman–Crippen MR) is 158 cm³/mol. The van der Waals surface area contributed by atoms with E-state index in [0.717, 1.165) is 65.2 Å². The maximum Gasteiger partial charge on any atom is 0.207 e. The van der Waals surface area contributed by atoms with Crippen LogP contribution in [0.15, 0.2) is 69.8 Å². The van der Waals surface area contributed by atoms with Crippen LogP contribution in [0.2, 0.25) is 5.02 Å². The van der Waals surface area contributed by atoms with Crippen molar-refractivity contribution >= 4 is 44.8 Å². The van der Waals surface area contributed by atoms with Crippen molar-refractivity contribution in [3.63, 3.8) is 0 Å². The zero-order chi connectivity index (χ0) is 26.6. The van der Waals surface area contributed by atoms with Crippen LogP contribution >= 0.6 is 27.5 Å². The number of aryl methyl sites for hydroxylation is 2. The third kappa shape index (κ3) is 5.72. The lowest BCUT2D eigenvalue weighted by Crippen LogP contribution is -2.43. The van der Waals surface area contributed by atoms with E-state index in [4.69, 9.17) is 21.6 Å². The first-order chi connectivity index (χ1) is 18.4. The largest absolute Gasteiger partial charge is 0.378 e. The van der Waals surface area contributed by atoms with Crippen LogP contribution in [0.4, 0.5) is 5.69 Å². The molecule has 1 aliphatic heterocycles. The lowest BCUT2D eigenvalue weighted by atomic mass is 9.88. The fraction of sp³-hybridized carbons (Fsp3) is 0.300. The van der Waals surface area contributed by atoms with Crippen molar-refractivity contribution < 1.29 is 0 Å². The fourth-order valence-electron chi connectivity index (χ4n) is 5.24. The second kappa shape index (κ2) is 11.6. The Bertz CT molecular complexity index is 1370. The number of likely N-dealkylation sites (tertiary alicyclic amines) is 1. The van der Waals surface area contributed by atoms with Gasteiger partial charge in [0.05, 0.1) is 12.2 Å². The first-order valence-corrected chi connectivity index (χ1v) is 14.0. The number of benzene rings is 2. The van der Waals surface area contributed by atoms with Crippen LogP contribution in [-0.4, -0.2) is 43.0 Å². The molecule has 1 fully saturated rings. The van der Waals surface area contributed by atoms with Crippen molar-refractivity contribution in [1.82, 2.24) is 15.2 Å². The van der Waals surface area contributed by atoms with Crippen molar-refractivity contribution in [3.05, 3.63) is 97.7 Å². The highest BCUT2D eigenvalue weighted by atomic mass is 79.9. The maximum atomic E-state index is 9.41. The number of hydrogen-bond donors (Lipinski definition) is 1. The summed E-state index contributed by atoms with van der Waals surface area (Å²) in [5.41, 5.74) is 9.71. The minimum atomic E-state index is 0.516. The van der Waals surface area contributed by atoms with E-state index in [-0.39, 0.29) is 0 Å². The van der Waals surface area contributed by atoms with Crippen LogP contribution in [0, 0.1) is 11.5 Å². The fourth-order valence-corrected chi connectivity index (χ4v) is 5.81. The van der Waals surface area contributed by atoms with Crippen LogP contribution in [-0.2, 0) is 19.4 Å². The van der Waals surface area contributed by atoms with Gasteiger partial charge in [0.1, 0.15) is 0 Å². The Balaban J connectivity index is 1.41. The van der Waals surface area contributed by atoms with Gasteiger partial charge in [-0.05, 0) is 94.2 Å². The van der Waals surface area contributed by atoms with Gasteiger partial charge in [-0.2, -0.15) is 5.26 Å². The molecule has 194 valence electrons. The molecule has 38 heavy (non-hydrogen) atoms. The molecule has 3 aromatic rings. The lowest BCUT2D eigenvalue weighted by Gasteiger charge is -2.32. The number of halogens is 2. The molecule has 0 amide bonds. The molecular weight excluding hydrogens is 560 g/mol. The molecule has 0 unspecified atom stereocenters. The van der Waals surface area contributed by atoms with Gasteiger partial charge in [-0.15, -0.1) is 0 Å². The summed E-state index contributed by atoms with van der Waals surface area (Å²) in [7, 11) is 4.05. The topological polar surface area (TPSA) is 67.6 Å². The van der Waals surface area contributed by atoms with Gasteiger partial charge in [0, 0.05) is 54.1 Å². The minimum absolute atomic E-state index is 0.516. The first kappa shape index (κ1) is 26.3. The number of fused-ring (bicyclic) bond motifs is 2. The van der Waals surface area contributed by atoms with E-state index in [9.17, 15) is 5.26 Å². The molecule has 0 radical (unpaired) electrons. The third-order valence-corrected chi connectivity index (χ3v) is 7.89. The van der Waals surface area contributed by atoms with E-state index in [1.54, 1.807) is 0 Å². The number of hydrogen-bond acceptors (Lipinski definition) is 4. The Morgan fingerprint density at radius 3 is 2.53 bits per heavy atom. The molecule has 2 aromatic carbocycles. The standard InChI is InChI=1S/C30H30BrClN6/c1-37(2)26-8-3-20(4-9-26)17-35-30(36-19-33)38-13-11-21(12-14-38)28-27-10-7-25(32)16-22(27)5-6-23-15-24(31)18-34-29(23)28/h3-4,7-10,15-16,18H,5-6,11-14,17H2,1-2H3,(H,35,36). The van der Waals surface area contributed by atoms with E-state index in [1.165, 1.54) is 27.8 Å². The Kier molecular flexibility index (Phi) is 8.01. The van der Waals surface area contributed by atoms with Crippen molar-refractivity contribution in [3.8, 4) is 6.19 Å². The molecule has 1 aromatic heterocycles. The molecule has 1 N–H and O–H groups in total. The van der Waals surface area contributed by atoms with Gasteiger partial charge in [0.25, 0.3) is 0 Å². The summed E-state index contributed by atoms with van der Waals surface area (Å²) in [6.07, 6.45) is 7.57. The summed E-state index contributed by atoms with van der Waals surface area (Å²) >= 11 is 9.99. The smallest absolute Gasteiger partial charge is 0.207 e. The Labute approximate surface area is 237 Å². The Morgan fingerprint density at radius 1 is 1.08 bits per heavy atom. The number of anilines is 1. The van der Waals surface area contributed by atoms with Crippen molar-refractivity contribution in [1.29, 1.82) is 5.26 Å². The molecule has 6 nitrogen and oxygen atoms in total. The lowest BCUT2D eigenvalue weighted by molar-refractivity contribution is 0.379. The van der Waals surface area contributed by atoms with Crippen LogP contribution in [0.5, 0.6) is 0 Å². The summed E-state index contributed by atoms with van der Waals surface area (Å²) in [6, 6.07) is 16.8. The van der Waals surface area contributed by atoms with Crippen LogP contribution < -0.4 is 10.2 Å². The van der Waals surface area contributed by atoms with E-state index in [0.29, 0.717) is 12.5 Å². The van der Waals surface area contributed by atoms with E-state index in [1.807, 2.05) is 26.4 Å². The number of aromatic nitrogens is 1. The number of nitriles is 1. The second-order valence-corrected chi connectivity index (χ2v) is 11.2. The van der Waals surface area contributed by atoms with Gasteiger partial charge in [-0.3, -0.25) is 10.3 Å². The highest BCUT2D eigenvalue weighted by Gasteiger charge is 2.26. The van der Waals surface area contributed by atoms with Gasteiger partial charge in [0.15, 0.2) is 6.19 Å². The number of nitrogens with zero attached hydrogens (tertiary/aromatic N) is 5. The monoisotopic (exact) mass is 588 g/mol. The summed E-state index contributed by atoms with van der Waals surface area (Å²) in [5.74, 6) is 0.628. The zero-order valence-electron chi connectivity index (χ0n) is 21.6. The maximum absolute atomic E-state index is 9.41. The summed E-state index contributed by atoms with van der Waals surface area (Å²) in [6.45, 7) is 2.07. The minimum Gasteiger partial charge on any atom is -0.378 e. The van der Waals surface area contributed by atoms with Gasteiger partial charge < -0.3 is 9.80 Å². The van der Waals surface area contributed by atoms with E-state index >= 15 is 0 Å². The molecule has 0 saturated carbocycles. The summed E-state index contributed by atoms with van der Waals surface area (Å²) < 4.78 is 0.999. The molecule has 0 spiro atoms. The predicted octanol–water partition coefficient (Wildman–Crippen LogP) is 6.19. The molecule has 2 heterocycles. The summed E-state index contributed by atoms with van der Waals surface area (Å²) in [4.78, 5) is 13.9. The van der Waals surface area contributed by atoms with Gasteiger partial charge in [0.2, 0.25) is 5.96 Å². The average Bonchev–Trinajstić information content (AvgIpc) is 3.07. The quantitative estimate of drug-likeness (QED) is 0.171. The van der Waals surface area contributed by atoms with Crippen molar-refractivity contribution in [2.24, 2.45) is 4.99 Å². The second-order valence-electron chi connectivity index (χ2n) is 9.87. The number of pyridine rings is 1. The molecule has 5 rings (SSSR count). The molecule has 8 heteroatoms. The first-order valence-electron chi connectivity index (χ1n) is 12.8. The highest BCUT2D eigenvalue weighted by Crippen LogP contribution is 2.39. The highest BCUT2D eigenvalue weighted by molar-refractivity contribution is 9.10. The molecular formula is C30H30BrClN6. The Hall–Kier alpha value is -3.34. The van der Waals surface area contributed by atoms with Crippen molar-refractivity contribution in [2.45, 2.75) is 32.2 Å². The van der Waals surface area contributed by atoms with Crippen LogP contribution in [0.25, 0.3) is 5.57 Å². The number of piperidine rings is 1. The molecule has 0 bridgehead atoms. The zero-order valence-corrected chi connectivity index (χ0v) is 24.0. The SMILES string of the molecule is CN(C)c1ccc(CN=C(NC#N)N2CCC(=C3c4ccc(Cl)cc4CCc4cc(Br)cnc43)CC2)cc1. The number of aliphatic imine (C=N–C) groups is 1. The number of rotatable bonds is 3. The molecule has 1 saturated heterocycles. The van der Waals surface area contributed by atoms with Crippen LogP contribution in [0.3, 0.4) is 0 Å². The van der Waals surface area contributed by atoms with Crippen LogP contribution in [0.1, 0.15) is 40.8 Å². The van der Waals surface area contributed by atoms with Crippen molar-refractivity contribution in [2.75, 3.05) is 32.1 Å². The molecule has 2 aliphatic rings. The van der Waals surface area contributed by atoms with E-state index < -0.39 is 0 Å². The Morgan fingerprint density at radius 2 is 1.82 bits per heavy atom. The van der Waals surface area contributed by atoms with Gasteiger partial charge >= 0.3 is 0 Å². The number of guanidine groups is 1. The number of nitrogens with one attached hydrogen (secondary N) is 1. The molecule has 1 aliphatic carbocycles. The van der Waals surface area contributed by atoms with Gasteiger partial charge in [-0.1, -0.05) is 35.4 Å². The average molecular weight is 590 g/mol.